The number of halogens is 1. The zero-order chi connectivity index (χ0) is 20.9. The molecule has 2 aromatic rings. The number of esters is 1. The van der Waals surface area contributed by atoms with Gasteiger partial charge in [-0.2, -0.15) is 0 Å². The van der Waals surface area contributed by atoms with Crippen molar-refractivity contribution in [2.45, 2.75) is 58.9 Å². The number of rotatable bonds is 12. The van der Waals surface area contributed by atoms with Crippen LogP contribution >= 0.6 is 24.0 Å². The van der Waals surface area contributed by atoms with Crippen LogP contribution in [-0.2, 0) is 16.1 Å². The number of aliphatic imine (C=N–C) groups is 1. The van der Waals surface area contributed by atoms with Crippen LogP contribution in [0.15, 0.2) is 29.3 Å². The highest BCUT2D eigenvalue weighted by Gasteiger charge is 2.06. The Balaban J connectivity index is 0.00000450. The average Bonchev–Trinajstić information content (AvgIpc) is 3.04. The lowest BCUT2D eigenvalue weighted by molar-refractivity contribution is -0.143. The Morgan fingerprint density at radius 1 is 1.10 bits per heavy atom. The van der Waals surface area contributed by atoms with Crippen molar-refractivity contribution in [3.63, 3.8) is 0 Å². The molecule has 2 rings (SSSR count). The molecular formula is C22H36IN5O2. The highest BCUT2D eigenvalue weighted by molar-refractivity contribution is 14.0. The zero-order valence-electron chi connectivity index (χ0n) is 18.4. The molecule has 8 heteroatoms. The monoisotopic (exact) mass is 529 g/mol. The van der Waals surface area contributed by atoms with Gasteiger partial charge < -0.3 is 19.9 Å². The van der Waals surface area contributed by atoms with Crippen molar-refractivity contribution in [3.05, 3.63) is 30.1 Å². The molecule has 0 fully saturated rings. The molecule has 0 unspecified atom stereocenters. The van der Waals surface area contributed by atoms with E-state index in [-0.39, 0.29) is 29.9 Å². The van der Waals surface area contributed by atoms with Gasteiger partial charge in [0.25, 0.3) is 0 Å². The second-order valence-corrected chi connectivity index (χ2v) is 7.05. The fraction of sp³-hybridized carbons (Fsp3) is 0.591. The van der Waals surface area contributed by atoms with Gasteiger partial charge in [-0.1, -0.05) is 25.0 Å². The normalized spacial score (nSPS) is 11.2. The number of carbonyl (C=O) groups is 1. The number of para-hydroxylation sites is 2. The van der Waals surface area contributed by atoms with Gasteiger partial charge in [0, 0.05) is 33.1 Å². The summed E-state index contributed by atoms with van der Waals surface area (Å²) < 4.78 is 7.20. The summed E-state index contributed by atoms with van der Waals surface area (Å²) in [6.45, 7) is 7.02. The van der Waals surface area contributed by atoms with Crippen molar-refractivity contribution in [1.29, 1.82) is 0 Å². The lowest BCUT2D eigenvalue weighted by atomic mass is 10.1. The molecule has 30 heavy (non-hydrogen) atoms. The fourth-order valence-corrected chi connectivity index (χ4v) is 3.33. The van der Waals surface area contributed by atoms with Crippen molar-refractivity contribution < 1.29 is 9.53 Å². The molecule has 0 spiro atoms. The number of unbranched alkanes of at least 4 members (excludes halogenated alkanes) is 3. The average molecular weight is 529 g/mol. The maximum absolute atomic E-state index is 11.3. The zero-order valence-corrected chi connectivity index (χ0v) is 20.8. The van der Waals surface area contributed by atoms with E-state index in [0.717, 1.165) is 69.0 Å². The predicted octanol–water partition coefficient (Wildman–Crippen LogP) is 4.03. The first-order valence-electron chi connectivity index (χ1n) is 10.7. The third-order valence-corrected chi connectivity index (χ3v) is 4.83. The minimum atomic E-state index is -0.0888. The summed E-state index contributed by atoms with van der Waals surface area (Å²) in [4.78, 5) is 20.2. The Kier molecular flexibility index (Phi) is 13.1. The number of imidazole rings is 1. The molecule has 1 aromatic heterocycles. The first-order chi connectivity index (χ1) is 14.2. The van der Waals surface area contributed by atoms with Gasteiger partial charge in [-0.15, -0.1) is 24.0 Å². The smallest absolute Gasteiger partial charge is 0.305 e. The van der Waals surface area contributed by atoms with Gasteiger partial charge >= 0.3 is 5.97 Å². The van der Waals surface area contributed by atoms with E-state index in [0.29, 0.717) is 13.0 Å². The van der Waals surface area contributed by atoms with Crippen molar-refractivity contribution in [2.75, 3.05) is 26.7 Å². The molecule has 0 aliphatic heterocycles. The number of nitrogens with zero attached hydrogens (tertiary/aromatic N) is 3. The molecule has 0 bridgehead atoms. The van der Waals surface area contributed by atoms with Crippen LogP contribution in [0.2, 0.25) is 0 Å². The molecule has 0 aliphatic rings. The summed E-state index contributed by atoms with van der Waals surface area (Å²) in [7, 11) is 1.79. The van der Waals surface area contributed by atoms with Crippen molar-refractivity contribution in [2.24, 2.45) is 4.99 Å². The van der Waals surface area contributed by atoms with Gasteiger partial charge in [0.05, 0.1) is 17.6 Å². The standard InChI is InChI=1S/C22H35N5O2.HI/c1-4-29-21(28)14-7-5-6-10-15-24-22(23-3)25-16-11-17-27-18(2)26-19-12-8-9-13-20(19)27;/h8-9,12-13H,4-7,10-11,14-17H2,1-3H3,(H2,23,24,25);1H. The topological polar surface area (TPSA) is 80.5 Å². The Morgan fingerprint density at radius 3 is 2.53 bits per heavy atom. The van der Waals surface area contributed by atoms with E-state index in [1.54, 1.807) is 7.05 Å². The lowest BCUT2D eigenvalue weighted by Gasteiger charge is -2.12. The Morgan fingerprint density at radius 2 is 1.80 bits per heavy atom. The van der Waals surface area contributed by atoms with E-state index in [2.05, 4.69) is 50.3 Å². The lowest BCUT2D eigenvalue weighted by Crippen LogP contribution is -2.38. The number of hydrogen-bond acceptors (Lipinski definition) is 4. The van der Waals surface area contributed by atoms with E-state index in [1.165, 1.54) is 5.52 Å². The minimum absolute atomic E-state index is 0. The van der Waals surface area contributed by atoms with Crippen LogP contribution in [-0.4, -0.2) is 48.2 Å². The second kappa shape index (κ2) is 15.0. The molecule has 0 saturated heterocycles. The molecule has 0 aliphatic carbocycles. The molecule has 7 nitrogen and oxygen atoms in total. The second-order valence-electron chi connectivity index (χ2n) is 7.05. The largest absolute Gasteiger partial charge is 0.466 e. The SMILES string of the molecule is CCOC(=O)CCCCCCNC(=NC)NCCCn1c(C)nc2ccccc21.I. The van der Waals surface area contributed by atoms with Crippen molar-refractivity contribution >= 4 is 46.9 Å². The van der Waals surface area contributed by atoms with Crippen molar-refractivity contribution in [1.82, 2.24) is 20.2 Å². The van der Waals surface area contributed by atoms with E-state index in [9.17, 15) is 4.79 Å². The molecule has 0 amide bonds. The molecule has 0 radical (unpaired) electrons. The molecule has 1 aromatic carbocycles. The van der Waals surface area contributed by atoms with Crippen LogP contribution in [0.5, 0.6) is 0 Å². The number of aromatic nitrogens is 2. The summed E-state index contributed by atoms with van der Waals surface area (Å²) in [5, 5.41) is 6.73. The fourth-order valence-electron chi connectivity index (χ4n) is 3.33. The van der Waals surface area contributed by atoms with Gasteiger partial charge in [0.1, 0.15) is 5.82 Å². The highest BCUT2D eigenvalue weighted by atomic mass is 127. The Labute approximate surface area is 197 Å². The number of carbonyl (C=O) groups excluding carboxylic acids is 1. The number of ether oxygens (including phenoxy) is 1. The number of fused-ring (bicyclic) bond motifs is 1. The molecule has 168 valence electrons. The number of nitrogens with one attached hydrogen (secondary N) is 2. The highest BCUT2D eigenvalue weighted by Crippen LogP contribution is 2.15. The molecule has 0 saturated carbocycles. The minimum Gasteiger partial charge on any atom is -0.466 e. The summed E-state index contributed by atoms with van der Waals surface area (Å²) >= 11 is 0. The maximum atomic E-state index is 11.3. The third kappa shape index (κ3) is 8.89. The van der Waals surface area contributed by atoms with Crippen LogP contribution in [0.25, 0.3) is 11.0 Å². The summed E-state index contributed by atoms with van der Waals surface area (Å²) in [5.41, 5.74) is 2.24. The quantitative estimate of drug-likeness (QED) is 0.143. The number of aryl methyl sites for hydroxylation is 2. The molecule has 1 heterocycles. The summed E-state index contributed by atoms with van der Waals surface area (Å²) in [5.74, 6) is 1.80. The van der Waals surface area contributed by atoms with E-state index in [4.69, 9.17) is 4.74 Å². The first-order valence-corrected chi connectivity index (χ1v) is 10.7. The van der Waals surface area contributed by atoms with Gasteiger partial charge in [-0.05, 0) is 45.2 Å². The van der Waals surface area contributed by atoms with Crippen molar-refractivity contribution in [3.8, 4) is 0 Å². The van der Waals surface area contributed by atoms with E-state index in [1.807, 2.05) is 13.0 Å². The summed E-state index contributed by atoms with van der Waals surface area (Å²) in [6.07, 6.45) is 5.62. The first kappa shape index (κ1) is 26.2. The van der Waals surface area contributed by atoms with Crippen LogP contribution in [0, 0.1) is 6.92 Å². The van der Waals surface area contributed by atoms with Crippen LogP contribution in [0.3, 0.4) is 0 Å². The van der Waals surface area contributed by atoms with Crippen LogP contribution in [0.4, 0.5) is 0 Å². The number of benzene rings is 1. The van der Waals surface area contributed by atoms with Gasteiger partial charge in [0.2, 0.25) is 0 Å². The number of guanidine groups is 1. The van der Waals surface area contributed by atoms with E-state index < -0.39 is 0 Å². The summed E-state index contributed by atoms with van der Waals surface area (Å²) in [6, 6.07) is 8.26. The Hall–Kier alpha value is -1.84. The van der Waals surface area contributed by atoms with E-state index >= 15 is 0 Å². The number of hydrogen-bond donors (Lipinski definition) is 2. The van der Waals surface area contributed by atoms with Gasteiger partial charge in [0.15, 0.2) is 5.96 Å². The van der Waals surface area contributed by atoms with Gasteiger partial charge in [-0.3, -0.25) is 9.79 Å². The van der Waals surface area contributed by atoms with Gasteiger partial charge in [-0.25, -0.2) is 4.98 Å². The van der Waals surface area contributed by atoms with Crippen LogP contribution in [0.1, 0.15) is 51.3 Å². The molecule has 2 N–H and O–H groups in total. The Bertz CT molecular complexity index is 791. The van der Waals surface area contributed by atoms with Crippen LogP contribution < -0.4 is 10.6 Å². The third-order valence-electron chi connectivity index (χ3n) is 4.83. The molecular weight excluding hydrogens is 493 g/mol. The molecule has 0 atom stereocenters. The predicted molar refractivity (Wildman–Crippen MR) is 134 cm³/mol. The maximum Gasteiger partial charge on any atom is 0.305 e.